The third kappa shape index (κ3) is 5.31. The van der Waals surface area contributed by atoms with Gasteiger partial charge in [-0.1, -0.05) is 182 Å². The molecule has 1 spiro atoms. The number of ether oxygens (including phenoxy) is 1. The van der Waals surface area contributed by atoms with E-state index in [0.29, 0.717) is 0 Å². The van der Waals surface area contributed by atoms with Gasteiger partial charge >= 0.3 is 0 Å². The molecule has 63 heavy (non-hydrogen) atoms. The molecule has 0 saturated carbocycles. The number of rotatable bonds is 5. The maximum Gasteiger partial charge on any atom is 0.134 e. The molecule has 1 N–H and O–H groups in total. The number of hydrogen-bond acceptors (Lipinski definition) is 3. The van der Waals surface area contributed by atoms with Crippen molar-refractivity contribution in [1.29, 1.82) is 0 Å². The molecule has 0 radical (unpaired) electrons. The van der Waals surface area contributed by atoms with Crippen molar-refractivity contribution >= 4 is 33.3 Å². The largest absolute Gasteiger partial charge is 0.457 e. The second kappa shape index (κ2) is 13.9. The molecule has 2 aliphatic heterocycles. The minimum absolute atomic E-state index is 0.229. The predicted molar refractivity (Wildman–Crippen MR) is 257 cm³/mol. The molecule has 1 aromatic heterocycles. The zero-order chi connectivity index (χ0) is 41.5. The number of fused-ring (bicyclic) bond motifs is 12. The highest BCUT2D eigenvalue weighted by Crippen LogP contribution is 2.62. The molecule has 0 amide bonds. The van der Waals surface area contributed by atoms with Gasteiger partial charge in [0, 0.05) is 38.8 Å². The highest BCUT2D eigenvalue weighted by Gasteiger charge is 2.52. The van der Waals surface area contributed by atoms with E-state index in [4.69, 9.17) is 9.73 Å². The van der Waals surface area contributed by atoms with Crippen LogP contribution in [0.4, 0.5) is 0 Å². The van der Waals surface area contributed by atoms with E-state index in [1.165, 1.54) is 49.6 Å². The standard InChI is InChI=1S/C59H39N3O/c1-2-15-40(16-3-1)51-37-52(41-31-29-38(30-32-41)39-33-35-42(36-34-39)62-53-25-10-5-18-44(53)45-19-6-11-26-54(45)62)61-58(60-51)47-21-14-20-46-43-17-4-7-22-48(43)59(57(46)47)49-23-8-12-27-55(49)63-56-28-13-9-24-50(56)59/h1-37,52H,(H,60,61). The zero-order valence-corrected chi connectivity index (χ0v) is 34.2. The van der Waals surface area contributed by atoms with Crippen LogP contribution in [0.15, 0.2) is 229 Å². The van der Waals surface area contributed by atoms with Crippen LogP contribution in [0.5, 0.6) is 11.5 Å². The molecule has 3 aliphatic rings. The van der Waals surface area contributed by atoms with E-state index < -0.39 is 5.41 Å². The molecule has 13 rings (SSSR count). The monoisotopic (exact) mass is 805 g/mol. The van der Waals surface area contributed by atoms with Crippen molar-refractivity contribution in [3.63, 3.8) is 0 Å². The summed E-state index contributed by atoms with van der Waals surface area (Å²) in [4.78, 5) is 5.62. The number of aliphatic imine (C=N–C) groups is 1. The number of nitrogens with one attached hydrogen (secondary N) is 1. The fraction of sp³-hybridized carbons (Fsp3) is 0.0339. The van der Waals surface area contributed by atoms with Crippen molar-refractivity contribution in [2.45, 2.75) is 11.5 Å². The second-order valence-electron chi connectivity index (χ2n) is 16.7. The second-order valence-corrected chi connectivity index (χ2v) is 16.7. The van der Waals surface area contributed by atoms with Gasteiger partial charge in [-0.25, -0.2) is 0 Å². The van der Waals surface area contributed by atoms with Crippen LogP contribution in [-0.4, -0.2) is 10.4 Å². The Morgan fingerprint density at radius 3 is 1.67 bits per heavy atom. The van der Waals surface area contributed by atoms with Crippen molar-refractivity contribution in [1.82, 2.24) is 9.88 Å². The molecule has 296 valence electrons. The summed E-state index contributed by atoms with van der Waals surface area (Å²) in [6, 6.07) is 78.2. The molecule has 3 heterocycles. The fourth-order valence-corrected chi connectivity index (χ4v) is 10.6. The van der Waals surface area contributed by atoms with E-state index in [2.05, 4.69) is 234 Å². The number of para-hydroxylation sites is 4. The molecule has 4 heteroatoms. The lowest BCUT2D eigenvalue weighted by Crippen LogP contribution is -2.36. The van der Waals surface area contributed by atoms with Crippen LogP contribution in [0.3, 0.4) is 0 Å². The topological polar surface area (TPSA) is 38.5 Å². The van der Waals surface area contributed by atoms with Crippen molar-refractivity contribution in [2.24, 2.45) is 4.99 Å². The van der Waals surface area contributed by atoms with E-state index >= 15 is 0 Å². The number of nitrogens with zero attached hydrogens (tertiary/aromatic N) is 2. The van der Waals surface area contributed by atoms with Crippen molar-refractivity contribution < 1.29 is 4.74 Å². The van der Waals surface area contributed by atoms with Crippen LogP contribution >= 0.6 is 0 Å². The molecule has 0 saturated heterocycles. The summed E-state index contributed by atoms with van der Waals surface area (Å²) in [6.45, 7) is 0. The third-order valence-electron chi connectivity index (χ3n) is 13.3. The molecule has 4 nitrogen and oxygen atoms in total. The molecule has 9 aromatic carbocycles. The van der Waals surface area contributed by atoms with Gasteiger partial charge in [0.1, 0.15) is 17.3 Å². The zero-order valence-electron chi connectivity index (χ0n) is 34.2. The molecular formula is C59H39N3O. The molecular weight excluding hydrogens is 767 g/mol. The van der Waals surface area contributed by atoms with Crippen molar-refractivity contribution in [3.8, 4) is 39.4 Å². The Bertz CT molecular complexity index is 3410. The van der Waals surface area contributed by atoms with E-state index in [1.807, 2.05) is 0 Å². The number of amidine groups is 1. The number of hydrogen-bond donors (Lipinski definition) is 1. The average molecular weight is 806 g/mol. The molecule has 1 unspecified atom stereocenters. The Labute approximate surface area is 365 Å². The van der Waals surface area contributed by atoms with Gasteiger partial charge in [0.05, 0.1) is 22.5 Å². The van der Waals surface area contributed by atoms with Gasteiger partial charge in [-0.3, -0.25) is 4.99 Å². The smallest absolute Gasteiger partial charge is 0.134 e. The van der Waals surface area contributed by atoms with Gasteiger partial charge in [-0.05, 0) is 87.0 Å². The summed E-state index contributed by atoms with van der Waals surface area (Å²) in [5, 5.41) is 6.40. The van der Waals surface area contributed by atoms with E-state index in [1.54, 1.807) is 0 Å². The van der Waals surface area contributed by atoms with Crippen LogP contribution in [-0.2, 0) is 5.41 Å². The summed E-state index contributed by atoms with van der Waals surface area (Å²) >= 11 is 0. The van der Waals surface area contributed by atoms with Gasteiger partial charge in [-0.15, -0.1) is 0 Å². The number of benzene rings is 9. The minimum atomic E-state index is -0.625. The Balaban J connectivity index is 0.926. The van der Waals surface area contributed by atoms with Gasteiger partial charge in [0.15, 0.2) is 0 Å². The van der Waals surface area contributed by atoms with Crippen molar-refractivity contribution in [3.05, 3.63) is 263 Å². The molecule has 0 bridgehead atoms. The molecule has 10 aromatic rings. The first-order chi connectivity index (χ1) is 31.2. The van der Waals surface area contributed by atoms with E-state index in [9.17, 15) is 0 Å². The normalized spacial score (nSPS) is 15.4. The summed E-state index contributed by atoms with van der Waals surface area (Å²) in [5.74, 6) is 2.59. The summed E-state index contributed by atoms with van der Waals surface area (Å²) in [7, 11) is 0. The molecule has 1 aliphatic carbocycles. The molecule has 0 fully saturated rings. The van der Waals surface area contributed by atoms with Gasteiger partial charge < -0.3 is 14.6 Å². The maximum absolute atomic E-state index is 6.67. The Hall–Kier alpha value is -8.21. The first kappa shape index (κ1) is 35.5. The van der Waals surface area contributed by atoms with Gasteiger partial charge in [0.25, 0.3) is 0 Å². The average Bonchev–Trinajstić information content (AvgIpc) is 3.85. The fourth-order valence-electron chi connectivity index (χ4n) is 10.6. The van der Waals surface area contributed by atoms with Crippen LogP contribution in [0.2, 0.25) is 0 Å². The lowest BCUT2D eigenvalue weighted by atomic mass is 9.65. The Morgan fingerprint density at radius 2 is 0.984 bits per heavy atom. The number of aromatic nitrogens is 1. The van der Waals surface area contributed by atoms with Gasteiger partial charge in [-0.2, -0.15) is 0 Å². The maximum atomic E-state index is 6.67. The highest BCUT2D eigenvalue weighted by atomic mass is 16.5. The van der Waals surface area contributed by atoms with Crippen LogP contribution in [0, 0.1) is 0 Å². The lowest BCUT2D eigenvalue weighted by molar-refractivity contribution is 0.436. The quantitative estimate of drug-likeness (QED) is 0.188. The molecule has 1 atom stereocenters. The van der Waals surface area contributed by atoms with E-state index in [0.717, 1.165) is 62.1 Å². The van der Waals surface area contributed by atoms with Crippen LogP contribution < -0.4 is 10.1 Å². The highest BCUT2D eigenvalue weighted by molar-refractivity contribution is 6.10. The Kier molecular flexibility index (Phi) is 7.85. The minimum Gasteiger partial charge on any atom is -0.457 e. The van der Waals surface area contributed by atoms with Crippen LogP contribution in [0.25, 0.3) is 55.4 Å². The summed E-state index contributed by atoms with van der Waals surface area (Å²) in [5.41, 5.74) is 16.8. The lowest BCUT2D eigenvalue weighted by Gasteiger charge is -2.40. The summed E-state index contributed by atoms with van der Waals surface area (Å²) < 4.78 is 9.03. The first-order valence-electron chi connectivity index (χ1n) is 21.7. The summed E-state index contributed by atoms with van der Waals surface area (Å²) in [6.07, 6.45) is 2.26. The van der Waals surface area contributed by atoms with Crippen LogP contribution in [0.1, 0.15) is 45.0 Å². The van der Waals surface area contributed by atoms with Gasteiger partial charge in [0.2, 0.25) is 0 Å². The first-order valence-corrected chi connectivity index (χ1v) is 21.7. The van der Waals surface area contributed by atoms with E-state index in [-0.39, 0.29) is 6.04 Å². The SMILES string of the molecule is C1=C(c2ccccc2)NC(c2cccc3c2C2(c4ccccc4Oc4ccccc42)c2ccccc2-3)=NC1c1ccc(-c2ccc(-n3c4ccccc4c4ccccc43)cc2)cc1. The third-order valence-corrected chi connectivity index (χ3v) is 13.3. The predicted octanol–water partition coefficient (Wildman–Crippen LogP) is 14.1. The Morgan fingerprint density at radius 1 is 0.444 bits per heavy atom. The van der Waals surface area contributed by atoms with Crippen molar-refractivity contribution in [2.75, 3.05) is 0 Å².